The summed E-state index contributed by atoms with van der Waals surface area (Å²) in [6.45, 7) is -1.16. The normalized spacial score (nSPS) is 11.4. The molecule has 0 unspecified atom stereocenters. The van der Waals surface area contributed by atoms with Gasteiger partial charge in [0.1, 0.15) is 30.5 Å². The van der Waals surface area contributed by atoms with E-state index in [9.17, 15) is 24.9 Å². The number of para-hydroxylation sites is 2. The Morgan fingerprint density at radius 1 is 0.706 bits per heavy atom. The van der Waals surface area contributed by atoms with Gasteiger partial charge in [-0.2, -0.15) is 0 Å². The lowest BCUT2D eigenvalue weighted by Gasteiger charge is -2.16. The van der Waals surface area contributed by atoms with E-state index in [-0.39, 0.29) is 62.3 Å². The first kappa shape index (κ1) is 23.5. The fraction of sp³-hybridized carbons (Fsp3) is 0.280. The van der Waals surface area contributed by atoms with Crippen LogP contribution in [0, 0.1) is 0 Å². The van der Waals surface area contributed by atoms with Crippen LogP contribution in [0.4, 0.5) is 0 Å². The molecule has 0 atom stereocenters. The zero-order valence-corrected chi connectivity index (χ0v) is 18.2. The molecule has 2 heterocycles. The van der Waals surface area contributed by atoms with Gasteiger partial charge in [0.05, 0.1) is 24.0 Å². The van der Waals surface area contributed by atoms with Crippen LogP contribution >= 0.6 is 0 Å². The van der Waals surface area contributed by atoms with Gasteiger partial charge in [-0.25, -0.2) is 0 Å². The second-order valence-electron chi connectivity index (χ2n) is 7.58. The summed E-state index contributed by atoms with van der Waals surface area (Å²) < 4.78 is 22.5. The number of ether oxygens (including phenoxy) is 2. The monoisotopic (exact) mass is 468 g/mol. The quantitative estimate of drug-likeness (QED) is 0.318. The summed E-state index contributed by atoms with van der Waals surface area (Å²) >= 11 is 0. The second kappa shape index (κ2) is 10.5. The van der Waals surface area contributed by atoms with Crippen LogP contribution in [-0.4, -0.2) is 47.9 Å². The van der Waals surface area contributed by atoms with E-state index in [4.69, 9.17) is 18.3 Å². The van der Waals surface area contributed by atoms with Crippen molar-refractivity contribution in [2.45, 2.75) is 18.9 Å². The molecule has 2 aromatic carbocycles. The van der Waals surface area contributed by atoms with Gasteiger partial charge < -0.3 is 33.6 Å². The molecule has 0 aliphatic rings. The van der Waals surface area contributed by atoms with E-state index in [1.807, 2.05) is 0 Å². The highest BCUT2D eigenvalue weighted by Gasteiger charge is 2.20. The van der Waals surface area contributed by atoms with Crippen molar-refractivity contribution in [3.8, 4) is 11.5 Å². The largest absolute Gasteiger partial charge is 0.484 e. The van der Waals surface area contributed by atoms with Gasteiger partial charge in [-0.05, 0) is 24.3 Å². The second-order valence-corrected chi connectivity index (χ2v) is 7.58. The Kier molecular flexibility index (Phi) is 7.27. The summed E-state index contributed by atoms with van der Waals surface area (Å²) in [6.07, 6.45) is -1.09. The highest BCUT2D eigenvalue weighted by atomic mass is 16.5. The first-order valence-corrected chi connectivity index (χ1v) is 10.8. The average molecular weight is 468 g/mol. The Morgan fingerprint density at radius 2 is 1.12 bits per heavy atom. The van der Waals surface area contributed by atoms with Crippen molar-refractivity contribution in [3.63, 3.8) is 0 Å². The molecule has 9 nitrogen and oxygen atoms in total. The zero-order chi connectivity index (χ0) is 24.1. The van der Waals surface area contributed by atoms with Crippen LogP contribution in [0.2, 0.25) is 0 Å². The van der Waals surface area contributed by atoms with E-state index >= 15 is 0 Å². The van der Waals surface area contributed by atoms with Gasteiger partial charge in [-0.3, -0.25) is 9.59 Å². The van der Waals surface area contributed by atoms with Crippen LogP contribution in [0.1, 0.15) is 11.5 Å². The molecule has 34 heavy (non-hydrogen) atoms. The molecule has 9 heteroatoms. The third-order valence-corrected chi connectivity index (χ3v) is 5.17. The molecule has 2 aromatic heterocycles. The van der Waals surface area contributed by atoms with Crippen molar-refractivity contribution in [2.75, 3.05) is 26.4 Å². The first-order valence-electron chi connectivity index (χ1n) is 10.8. The molecule has 0 bridgehead atoms. The molecule has 0 amide bonds. The number of rotatable bonds is 10. The Bertz CT molecular complexity index is 1300. The maximum absolute atomic E-state index is 12.8. The van der Waals surface area contributed by atoms with E-state index in [0.717, 1.165) is 0 Å². The highest BCUT2D eigenvalue weighted by molar-refractivity contribution is 5.78. The lowest BCUT2D eigenvalue weighted by atomic mass is 10.2. The van der Waals surface area contributed by atoms with Crippen LogP contribution in [0.25, 0.3) is 21.9 Å². The summed E-state index contributed by atoms with van der Waals surface area (Å²) in [4.78, 5) is 25.7. The first-order chi connectivity index (χ1) is 16.5. The van der Waals surface area contributed by atoms with Crippen molar-refractivity contribution >= 4 is 21.9 Å². The molecule has 0 saturated carbocycles. The Hall–Kier alpha value is -3.66. The maximum atomic E-state index is 12.8. The van der Waals surface area contributed by atoms with E-state index in [0.29, 0.717) is 21.9 Å². The molecule has 4 aromatic rings. The van der Waals surface area contributed by atoms with Gasteiger partial charge in [0, 0.05) is 12.8 Å². The fourth-order valence-corrected chi connectivity index (χ4v) is 3.57. The maximum Gasteiger partial charge on any atom is 0.234 e. The summed E-state index contributed by atoms with van der Waals surface area (Å²) in [5.74, 6) is 0.135. The van der Waals surface area contributed by atoms with Gasteiger partial charge in [0.25, 0.3) is 0 Å². The van der Waals surface area contributed by atoms with Crippen LogP contribution in [0.3, 0.4) is 0 Å². The van der Waals surface area contributed by atoms with Crippen LogP contribution < -0.4 is 20.3 Å². The van der Waals surface area contributed by atoms with Crippen molar-refractivity contribution in [3.05, 3.63) is 80.5 Å². The smallest absolute Gasteiger partial charge is 0.234 e. The molecule has 0 spiro atoms. The number of aliphatic hydroxyl groups excluding tert-OH is 3. The summed E-state index contributed by atoms with van der Waals surface area (Å²) in [5.41, 5.74) is -0.101. The predicted octanol–water partition coefficient (Wildman–Crippen LogP) is 1.79. The molecule has 0 saturated heterocycles. The molecule has 0 aliphatic carbocycles. The molecular weight excluding hydrogens is 444 g/mol. The minimum Gasteiger partial charge on any atom is -0.484 e. The summed E-state index contributed by atoms with van der Waals surface area (Å²) in [5, 5.41) is 29.7. The number of hydrogen-bond acceptors (Lipinski definition) is 9. The van der Waals surface area contributed by atoms with Crippen molar-refractivity contribution in [2.24, 2.45) is 0 Å². The third kappa shape index (κ3) is 4.81. The van der Waals surface area contributed by atoms with Crippen molar-refractivity contribution < 1.29 is 33.6 Å². The summed E-state index contributed by atoms with van der Waals surface area (Å²) in [7, 11) is 0. The third-order valence-electron chi connectivity index (χ3n) is 5.17. The molecule has 0 radical (unpaired) electrons. The molecule has 178 valence electrons. The van der Waals surface area contributed by atoms with Gasteiger partial charge >= 0.3 is 0 Å². The molecule has 0 aliphatic heterocycles. The standard InChI is InChI=1S/C25H24O9/c26-11-9-20-24(22(29)16-5-1-3-7-18(16)33-20)31-13-15(28)14-32-25-21(10-12-27)34-19-8-4-2-6-17(19)23(25)30/h1-8,15,26-28H,9-14H2. The fourth-order valence-electron chi connectivity index (χ4n) is 3.57. The van der Waals surface area contributed by atoms with Gasteiger partial charge in [0.15, 0.2) is 11.5 Å². The predicted molar refractivity (Wildman–Crippen MR) is 124 cm³/mol. The van der Waals surface area contributed by atoms with Gasteiger partial charge in [-0.15, -0.1) is 0 Å². The molecule has 4 rings (SSSR count). The Labute approximate surface area is 193 Å². The van der Waals surface area contributed by atoms with Crippen molar-refractivity contribution in [1.29, 1.82) is 0 Å². The van der Waals surface area contributed by atoms with E-state index in [1.165, 1.54) is 0 Å². The number of benzene rings is 2. The lowest BCUT2D eigenvalue weighted by Crippen LogP contribution is -2.28. The minimum atomic E-state index is -1.21. The number of fused-ring (bicyclic) bond motifs is 2. The van der Waals surface area contributed by atoms with E-state index < -0.39 is 17.0 Å². The molecule has 3 N–H and O–H groups in total. The minimum absolute atomic E-state index is 0.0602. The van der Waals surface area contributed by atoms with Crippen molar-refractivity contribution in [1.82, 2.24) is 0 Å². The Morgan fingerprint density at radius 3 is 1.53 bits per heavy atom. The van der Waals surface area contributed by atoms with Crippen LogP contribution in [0.15, 0.2) is 67.0 Å². The zero-order valence-electron chi connectivity index (χ0n) is 18.2. The summed E-state index contributed by atoms with van der Waals surface area (Å²) in [6, 6.07) is 13.3. The lowest BCUT2D eigenvalue weighted by molar-refractivity contribution is 0.0593. The van der Waals surface area contributed by atoms with Crippen LogP contribution in [-0.2, 0) is 12.8 Å². The number of hydrogen-bond donors (Lipinski definition) is 3. The average Bonchev–Trinajstić information content (AvgIpc) is 2.84. The topological polar surface area (TPSA) is 140 Å². The van der Waals surface area contributed by atoms with Gasteiger partial charge in [0.2, 0.25) is 22.4 Å². The SMILES string of the molecule is O=c1c(OCC(O)COc2c(CCO)oc3ccccc3c2=O)c(CCO)oc2ccccc12. The van der Waals surface area contributed by atoms with E-state index in [1.54, 1.807) is 48.5 Å². The van der Waals surface area contributed by atoms with E-state index in [2.05, 4.69) is 0 Å². The molecular formula is C25H24O9. The number of aliphatic hydroxyl groups is 3. The highest BCUT2D eigenvalue weighted by Crippen LogP contribution is 2.23. The molecule has 0 fully saturated rings. The van der Waals surface area contributed by atoms with Gasteiger partial charge in [-0.1, -0.05) is 24.3 Å². The van der Waals surface area contributed by atoms with Crippen LogP contribution in [0.5, 0.6) is 11.5 Å². The Balaban J connectivity index is 1.52.